The first-order valence-corrected chi connectivity index (χ1v) is 5.92. The molecule has 1 nitrogen and oxygen atoms in total. The van der Waals surface area contributed by atoms with Gasteiger partial charge in [0.1, 0.15) is 5.82 Å². The van der Waals surface area contributed by atoms with Crippen molar-refractivity contribution in [3.8, 4) is 0 Å². The first kappa shape index (κ1) is 9.99. The first-order chi connectivity index (χ1) is 6.74. The van der Waals surface area contributed by atoms with Crippen molar-refractivity contribution in [2.24, 2.45) is 0 Å². The van der Waals surface area contributed by atoms with Crippen LogP contribution in [0.25, 0.3) is 0 Å². The molecule has 0 spiro atoms. The zero-order valence-corrected chi connectivity index (χ0v) is 9.25. The predicted molar refractivity (Wildman–Crippen MR) is 59.1 cm³/mol. The van der Waals surface area contributed by atoms with Crippen LogP contribution in [0.5, 0.6) is 0 Å². The highest BCUT2D eigenvalue weighted by atomic mass is 32.2. The summed E-state index contributed by atoms with van der Waals surface area (Å²) in [4.78, 5) is 0. The summed E-state index contributed by atoms with van der Waals surface area (Å²) in [5.41, 5.74) is 3.26. The summed E-state index contributed by atoms with van der Waals surface area (Å²) < 4.78 is 13.6. The second-order valence-corrected chi connectivity index (χ2v) is 4.64. The van der Waals surface area contributed by atoms with Crippen molar-refractivity contribution in [3.05, 3.63) is 34.6 Å². The molecule has 1 aliphatic heterocycles. The van der Waals surface area contributed by atoms with E-state index in [0.29, 0.717) is 0 Å². The molecule has 1 N–H and O–H groups in total. The highest BCUT2D eigenvalue weighted by Crippen LogP contribution is 2.34. The van der Waals surface area contributed by atoms with Gasteiger partial charge in [-0.25, -0.2) is 4.39 Å². The molecule has 1 heterocycles. The van der Waals surface area contributed by atoms with Gasteiger partial charge < -0.3 is 5.32 Å². The maximum absolute atomic E-state index is 13.6. The Morgan fingerprint density at radius 2 is 2.29 bits per heavy atom. The van der Waals surface area contributed by atoms with Gasteiger partial charge >= 0.3 is 0 Å². The van der Waals surface area contributed by atoms with Gasteiger partial charge in [-0.1, -0.05) is 6.07 Å². The number of thioether (sulfide) groups is 1. The maximum Gasteiger partial charge on any atom is 0.128 e. The van der Waals surface area contributed by atoms with E-state index in [1.54, 1.807) is 6.07 Å². The Morgan fingerprint density at radius 3 is 3.00 bits per heavy atom. The molecule has 0 amide bonds. The fourth-order valence-electron chi connectivity index (χ4n) is 1.90. The smallest absolute Gasteiger partial charge is 0.128 e. The lowest BCUT2D eigenvalue weighted by Gasteiger charge is -2.26. The summed E-state index contributed by atoms with van der Waals surface area (Å²) >= 11 is 1.86. The van der Waals surface area contributed by atoms with E-state index in [1.807, 2.05) is 24.9 Å². The quantitative estimate of drug-likeness (QED) is 0.766. The van der Waals surface area contributed by atoms with Crippen molar-refractivity contribution in [1.82, 2.24) is 5.32 Å². The van der Waals surface area contributed by atoms with Crippen LogP contribution in [0.3, 0.4) is 0 Å². The molecule has 1 unspecified atom stereocenters. The fraction of sp³-hybridized carbons (Fsp3) is 0.455. The van der Waals surface area contributed by atoms with E-state index in [-0.39, 0.29) is 11.9 Å². The van der Waals surface area contributed by atoms with Crippen LogP contribution in [0.2, 0.25) is 0 Å². The number of aryl methyl sites for hydroxylation is 1. The number of fused-ring (bicyclic) bond motifs is 1. The molecule has 0 radical (unpaired) electrons. The van der Waals surface area contributed by atoms with Gasteiger partial charge in [0.15, 0.2) is 0 Å². The second kappa shape index (κ2) is 3.91. The Hall–Kier alpha value is -0.540. The number of hydrogen-bond donors (Lipinski definition) is 1. The topological polar surface area (TPSA) is 12.0 Å². The van der Waals surface area contributed by atoms with Gasteiger partial charge in [-0.3, -0.25) is 0 Å². The van der Waals surface area contributed by atoms with Crippen molar-refractivity contribution < 1.29 is 4.39 Å². The lowest BCUT2D eigenvalue weighted by atomic mass is 9.97. The molecule has 1 aromatic carbocycles. The third-order valence-corrected chi connectivity index (χ3v) is 3.83. The van der Waals surface area contributed by atoms with E-state index in [9.17, 15) is 4.39 Å². The van der Waals surface area contributed by atoms with E-state index < -0.39 is 0 Å². The van der Waals surface area contributed by atoms with Crippen LogP contribution in [-0.4, -0.2) is 12.8 Å². The average Bonchev–Trinajstić information content (AvgIpc) is 2.23. The van der Waals surface area contributed by atoms with E-state index in [1.165, 1.54) is 11.1 Å². The molecule has 76 valence electrons. The molecule has 0 saturated heterocycles. The van der Waals surface area contributed by atoms with E-state index in [4.69, 9.17) is 0 Å². The molecular formula is C11H14FNS. The number of rotatable bonds is 1. The lowest BCUT2D eigenvalue weighted by molar-refractivity contribution is 0.558. The number of nitrogens with one attached hydrogen (secondary N) is 1. The standard InChI is InChI=1S/C11H14FNS/c1-7-3-4-9(12)11-8(7)5-14-6-10(11)13-2/h3-4,10,13H,5-6H2,1-2H3. The first-order valence-electron chi connectivity index (χ1n) is 4.77. The summed E-state index contributed by atoms with van der Waals surface area (Å²) in [5.74, 6) is 1.84. The molecule has 1 aromatic rings. The minimum Gasteiger partial charge on any atom is -0.312 e. The summed E-state index contributed by atoms with van der Waals surface area (Å²) in [5, 5.41) is 3.17. The van der Waals surface area contributed by atoms with Gasteiger partial charge in [0.05, 0.1) is 0 Å². The molecule has 0 aliphatic carbocycles. The molecule has 14 heavy (non-hydrogen) atoms. The second-order valence-electron chi connectivity index (χ2n) is 3.61. The fourth-order valence-corrected chi connectivity index (χ4v) is 3.18. The van der Waals surface area contributed by atoms with Crippen LogP contribution >= 0.6 is 11.8 Å². The number of hydrogen-bond acceptors (Lipinski definition) is 2. The zero-order chi connectivity index (χ0) is 10.1. The molecule has 0 bridgehead atoms. The third kappa shape index (κ3) is 1.55. The van der Waals surface area contributed by atoms with Gasteiger partial charge in [-0.15, -0.1) is 0 Å². The largest absolute Gasteiger partial charge is 0.312 e. The van der Waals surface area contributed by atoms with Crippen LogP contribution in [0, 0.1) is 12.7 Å². The summed E-state index contributed by atoms with van der Waals surface area (Å²) in [6.07, 6.45) is 0. The molecule has 1 atom stereocenters. The Balaban J connectivity index is 2.55. The van der Waals surface area contributed by atoms with Crippen LogP contribution in [0.4, 0.5) is 4.39 Å². The molecule has 3 heteroatoms. The summed E-state index contributed by atoms with van der Waals surface area (Å²) in [7, 11) is 1.89. The maximum atomic E-state index is 13.6. The normalized spacial score (nSPS) is 20.6. The van der Waals surface area contributed by atoms with Crippen molar-refractivity contribution in [1.29, 1.82) is 0 Å². The lowest BCUT2D eigenvalue weighted by Crippen LogP contribution is -2.24. The molecule has 0 aromatic heterocycles. The van der Waals surface area contributed by atoms with E-state index in [2.05, 4.69) is 12.2 Å². The van der Waals surface area contributed by atoms with Crippen molar-refractivity contribution >= 4 is 11.8 Å². The van der Waals surface area contributed by atoms with Crippen LogP contribution in [-0.2, 0) is 5.75 Å². The number of halogens is 1. The molecular weight excluding hydrogens is 197 g/mol. The molecule has 1 aliphatic rings. The van der Waals surface area contributed by atoms with Gasteiger partial charge in [-0.05, 0) is 31.2 Å². The van der Waals surface area contributed by atoms with Crippen LogP contribution < -0.4 is 5.32 Å². The predicted octanol–water partition coefficient (Wildman–Crippen LogP) is 2.64. The Morgan fingerprint density at radius 1 is 1.50 bits per heavy atom. The van der Waals surface area contributed by atoms with Gasteiger partial charge in [0.2, 0.25) is 0 Å². The highest BCUT2D eigenvalue weighted by molar-refractivity contribution is 7.98. The Bertz CT molecular complexity index is 351. The van der Waals surface area contributed by atoms with Gasteiger partial charge in [-0.2, -0.15) is 11.8 Å². The molecule has 2 rings (SSSR count). The van der Waals surface area contributed by atoms with Crippen LogP contribution in [0.15, 0.2) is 12.1 Å². The number of benzene rings is 1. The Labute approximate surface area is 88.1 Å². The highest BCUT2D eigenvalue weighted by Gasteiger charge is 2.23. The zero-order valence-electron chi connectivity index (χ0n) is 8.43. The Kier molecular flexibility index (Phi) is 2.79. The minimum atomic E-state index is -0.0646. The van der Waals surface area contributed by atoms with Gasteiger partial charge in [0.25, 0.3) is 0 Å². The molecule has 0 saturated carbocycles. The van der Waals surface area contributed by atoms with Gasteiger partial charge in [0, 0.05) is 23.1 Å². The monoisotopic (exact) mass is 211 g/mol. The van der Waals surface area contributed by atoms with E-state index >= 15 is 0 Å². The third-order valence-electron chi connectivity index (χ3n) is 2.77. The van der Waals surface area contributed by atoms with E-state index in [0.717, 1.165) is 17.1 Å². The minimum absolute atomic E-state index is 0.0646. The van der Waals surface area contributed by atoms with Crippen molar-refractivity contribution in [2.75, 3.05) is 12.8 Å². The SMILES string of the molecule is CNC1CSCc2c(C)ccc(F)c21. The average molecular weight is 211 g/mol. The van der Waals surface area contributed by atoms with Crippen LogP contribution in [0.1, 0.15) is 22.7 Å². The van der Waals surface area contributed by atoms with Crippen molar-refractivity contribution in [3.63, 3.8) is 0 Å². The molecule has 0 fully saturated rings. The summed E-state index contributed by atoms with van der Waals surface area (Å²) in [6.45, 7) is 2.05. The van der Waals surface area contributed by atoms with Crippen molar-refractivity contribution in [2.45, 2.75) is 18.7 Å². The summed E-state index contributed by atoms with van der Waals surface area (Å²) in [6, 6.07) is 3.62.